The summed E-state index contributed by atoms with van der Waals surface area (Å²) in [6.07, 6.45) is -2.87. The minimum Gasteiger partial charge on any atom is -0.318 e. The molecule has 1 aliphatic rings. The van der Waals surface area contributed by atoms with Crippen LogP contribution in [0.5, 0.6) is 0 Å². The first-order valence-corrected chi connectivity index (χ1v) is 9.50. The molecule has 1 heterocycles. The highest BCUT2D eigenvalue weighted by atomic mass is 32.1. The summed E-state index contributed by atoms with van der Waals surface area (Å²) in [5.74, 6) is -0.912. The van der Waals surface area contributed by atoms with E-state index in [1.165, 1.54) is 6.07 Å². The van der Waals surface area contributed by atoms with Crippen molar-refractivity contribution in [3.8, 4) is 11.1 Å². The molecule has 2 aromatic carbocycles. The van der Waals surface area contributed by atoms with Crippen molar-refractivity contribution in [1.29, 1.82) is 0 Å². The maximum Gasteiger partial charge on any atom is 0.438 e. The molecule has 0 radical (unpaired) electrons. The van der Waals surface area contributed by atoms with Crippen molar-refractivity contribution in [3.05, 3.63) is 81.5 Å². The van der Waals surface area contributed by atoms with Crippen molar-refractivity contribution in [1.82, 2.24) is 0 Å². The summed E-state index contributed by atoms with van der Waals surface area (Å²) in [4.78, 5) is 15.6. The van der Waals surface area contributed by atoms with Crippen molar-refractivity contribution in [2.45, 2.75) is 13.1 Å². The molecule has 0 saturated carbocycles. The summed E-state index contributed by atoms with van der Waals surface area (Å²) in [6, 6.07) is 18.8. The molecular formula is C22H14F3NO2S. The molecule has 0 aliphatic heterocycles. The number of thiophene rings is 1. The number of fused-ring (bicyclic) bond motifs is 3. The molecule has 7 heteroatoms. The Morgan fingerprint density at radius 2 is 1.48 bits per heavy atom. The Morgan fingerprint density at radius 3 is 2.00 bits per heavy atom. The summed E-state index contributed by atoms with van der Waals surface area (Å²) in [7, 11) is 0. The average molecular weight is 413 g/mol. The van der Waals surface area contributed by atoms with Crippen LogP contribution >= 0.6 is 11.3 Å². The molecular weight excluding hydrogens is 399 g/mol. The molecule has 1 aromatic heterocycles. The Hall–Kier alpha value is -3.19. The predicted octanol–water partition coefficient (Wildman–Crippen LogP) is 6.15. The number of carbonyl (C=O) groups is 1. The van der Waals surface area contributed by atoms with Crippen LogP contribution in [0.4, 0.5) is 13.2 Å². The van der Waals surface area contributed by atoms with Gasteiger partial charge in [-0.3, -0.25) is 0 Å². The third-order valence-corrected chi connectivity index (χ3v) is 5.44. The number of nitrogens with zero attached hydrogens (tertiary/aromatic N) is 1. The number of alkyl halides is 3. The van der Waals surface area contributed by atoms with E-state index in [1.54, 1.807) is 6.07 Å². The molecule has 0 N–H and O–H groups in total. The zero-order chi connectivity index (χ0) is 20.6. The van der Waals surface area contributed by atoms with E-state index in [2.05, 4.69) is 9.99 Å². The molecule has 146 valence electrons. The number of halogens is 3. The number of hydrogen-bond acceptors (Lipinski definition) is 4. The van der Waals surface area contributed by atoms with Crippen molar-refractivity contribution in [3.63, 3.8) is 0 Å². The van der Waals surface area contributed by atoms with E-state index in [1.807, 2.05) is 54.6 Å². The molecule has 0 amide bonds. The second-order valence-electron chi connectivity index (χ2n) is 6.37. The minimum absolute atomic E-state index is 0.120. The van der Waals surface area contributed by atoms with Gasteiger partial charge in [0.1, 0.15) is 0 Å². The van der Waals surface area contributed by atoms with Gasteiger partial charge in [0, 0.05) is 11.8 Å². The highest BCUT2D eigenvalue weighted by Crippen LogP contribution is 2.45. The molecule has 4 rings (SSSR count). The highest BCUT2D eigenvalue weighted by Gasteiger charge is 2.39. The topological polar surface area (TPSA) is 38.7 Å². The normalized spacial score (nSPS) is 13.1. The highest BCUT2D eigenvalue weighted by molar-refractivity contribution is 7.15. The van der Waals surface area contributed by atoms with Crippen LogP contribution in [0, 0.1) is 0 Å². The van der Waals surface area contributed by atoms with Crippen LogP contribution in [0.2, 0.25) is 0 Å². The lowest BCUT2D eigenvalue weighted by atomic mass is 10.0. The first kappa shape index (κ1) is 19.1. The van der Waals surface area contributed by atoms with Gasteiger partial charge in [-0.05, 0) is 46.0 Å². The zero-order valence-corrected chi connectivity index (χ0v) is 16.0. The average Bonchev–Trinajstić information content (AvgIpc) is 3.25. The Morgan fingerprint density at radius 1 is 0.931 bits per heavy atom. The van der Waals surface area contributed by atoms with Gasteiger partial charge in [0.2, 0.25) is 5.71 Å². The van der Waals surface area contributed by atoms with E-state index in [9.17, 15) is 18.0 Å². The number of oxime groups is 1. The maximum absolute atomic E-state index is 13.3. The van der Waals surface area contributed by atoms with E-state index in [0.717, 1.165) is 46.1 Å². The predicted molar refractivity (Wildman–Crippen MR) is 108 cm³/mol. The monoisotopic (exact) mass is 413 g/mol. The Bertz CT molecular complexity index is 1110. The molecule has 3 aromatic rings. The van der Waals surface area contributed by atoms with E-state index < -0.39 is 17.9 Å². The summed E-state index contributed by atoms with van der Waals surface area (Å²) >= 11 is 0.937. The number of carbonyl (C=O) groups excluding carboxylic acids is 1. The Labute approximate surface area is 168 Å². The first-order valence-electron chi connectivity index (χ1n) is 8.68. The third-order valence-electron chi connectivity index (χ3n) is 4.41. The fourth-order valence-electron chi connectivity index (χ4n) is 3.25. The first-order chi connectivity index (χ1) is 13.8. The minimum atomic E-state index is -4.74. The molecule has 1 aliphatic carbocycles. The van der Waals surface area contributed by atoms with E-state index >= 15 is 0 Å². The van der Waals surface area contributed by atoms with Crippen LogP contribution < -0.4 is 0 Å². The van der Waals surface area contributed by atoms with Crippen molar-refractivity contribution < 1.29 is 22.8 Å². The number of rotatable bonds is 3. The van der Waals surface area contributed by atoms with Crippen LogP contribution in [-0.2, 0) is 9.63 Å². The lowest BCUT2D eigenvalue weighted by Gasteiger charge is -2.07. The molecule has 0 fully saturated rings. The maximum atomic E-state index is 13.3. The summed E-state index contributed by atoms with van der Waals surface area (Å²) in [6.45, 7) is 0.997. The van der Waals surface area contributed by atoms with Crippen LogP contribution in [0.25, 0.3) is 22.8 Å². The van der Waals surface area contributed by atoms with E-state index in [-0.39, 0.29) is 4.88 Å². The molecule has 0 spiro atoms. The quantitative estimate of drug-likeness (QED) is 0.230. The van der Waals surface area contributed by atoms with Gasteiger partial charge in [0.05, 0.1) is 4.88 Å². The Balaban J connectivity index is 1.77. The summed E-state index contributed by atoms with van der Waals surface area (Å²) in [5.41, 5.74) is 3.99. The van der Waals surface area contributed by atoms with Crippen LogP contribution in [0.1, 0.15) is 27.8 Å². The van der Waals surface area contributed by atoms with Gasteiger partial charge < -0.3 is 4.84 Å². The van der Waals surface area contributed by atoms with Gasteiger partial charge in [-0.15, -0.1) is 11.3 Å². The zero-order valence-electron chi connectivity index (χ0n) is 15.2. The van der Waals surface area contributed by atoms with E-state index in [0.29, 0.717) is 4.88 Å². The lowest BCUT2D eigenvalue weighted by Crippen LogP contribution is -2.23. The fraction of sp³-hybridized carbons (Fsp3) is 0.0909. The van der Waals surface area contributed by atoms with Gasteiger partial charge in [-0.1, -0.05) is 53.7 Å². The van der Waals surface area contributed by atoms with Crippen LogP contribution in [-0.4, -0.2) is 17.9 Å². The SMILES string of the molecule is CC(=O)O/N=C(/c1ccc(C=C2c3ccccc3-c3ccccc32)s1)C(F)(F)F. The van der Waals surface area contributed by atoms with Gasteiger partial charge >= 0.3 is 12.1 Å². The molecule has 3 nitrogen and oxygen atoms in total. The molecule has 0 saturated heterocycles. The molecule has 0 bridgehead atoms. The second-order valence-corrected chi connectivity index (χ2v) is 7.49. The third kappa shape index (κ3) is 3.73. The van der Waals surface area contributed by atoms with E-state index in [4.69, 9.17) is 0 Å². The molecule has 0 atom stereocenters. The molecule has 0 unspecified atom stereocenters. The molecule has 29 heavy (non-hydrogen) atoms. The van der Waals surface area contributed by atoms with Crippen molar-refractivity contribution in [2.75, 3.05) is 0 Å². The second kappa shape index (κ2) is 7.33. The Kier molecular flexibility index (Phi) is 4.84. The van der Waals surface area contributed by atoms with Crippen LogP contribution in [0.3, 0.4) is 0 Å². The van der Waals surface area contributed by atoms with Gasteiger partial charge in [0.25, 0.3) is 0 Å². The van der Waals surface area contributed by atoms with Gasteiger partial charge in [0.15, 0.2) is 0 Å². The standard InChI is InChI=1S/C22H14F3NO2S/c1-13(27)28-26-21(22(23,24)25)20-11-10-14(29-20)12-19-17-8-4-2-6-15(17)16-7-3-5-9-18(16)19/h2-12H,1H3/b26-21-. The summed E-state index contributed by atoms with van der Waals surface area (Å²) in [5, 5.41) is 3.01. The van der Waals surface area contributed by atoms with Crippen molar-refractivity contribution >= 4 is 34.7 Å². The summed E-state index contributed by atoms with van der Waals surface area (Å²) < 4.78 is 40.0. The largest absolute Gasteiger partial charge is 0.438 e. The fourth-order valence-corrected chi connectivity index (χ4v) is 4.21. The number of hydrogen-bond donors (Lipinski definition) is 0. The van der Waals surface area contributed by atoms with Gasteiger partial charge in [-0.2, -0.15) is 13.2 Å². The van der Waals surface area contributed by atoms with Crippen molar-refractivity contribution in [2.24, 2.45) is 5.16 Å². The van der Waals surface area contributed by atoms with Crippen LogP contribution in [0.15, 0.2) is 65.8 Å². The van der Waals surface area contributed by atoms with Gasteiger partial charge in [-0.25, -0.2) is 4.79 Å². The lowest BCUT2D eigenvalue weighted by molar-refractivity contribution is -0.141. The smallest absolute Gasteiger partial charge is 0.318 e. The number of benzene rings is 2.